The molecular weight excluding hydrogens is 276 g/mol. The Labute approximate surface area is 123 Å². The van der Waals surface area contributed by atoms with Crippen molar-refractivity contribution < 1.29 is 19.6 Å². The van der Waals surface area contributed by atoms with E-state index in [9.17, 15) is 14.9 Å². The third kappa shape index (κ3) is 4.94. The van der Waals surface area contributed by atoms with E-state index in [2.05, 4.69) is 5.32 Å². The predicted octanol–water partition coefficient (Wildman–Crippen LogP) is 2.91. The smallest absolute Gasteiger partial charge is 0.333 e. The minimum absolute atomic E-state index is 0.0302. The number of nitro benzene ring substituents is 1. The molecule has 0 heterocycles. The molecule has 1 unspecified atom stereocenters. The van der Waals surface area contributed by atoms with Gasteiger partial charge in [0.15, 0.2) is 5.75 Å². The van der Waals surface area contributed by atoms with Gasteiger partial charge in [0.25, 0.3) is 0 Å². The molecule has 0 aliphatic heterocycles. The number of nitrogens with one attached hydrogen (secondary N) is 1. The van der Waals surface area contributed by atoms with Crippen LogP contribution >= 0.6 is 0 Å². The van der Waals surface area contributed by atoms with Crippen molar-refractivity contribution in [3.63, 3.8) is 0 Å². The van der Waals surface area contributed by atoms with Gasteiger partial charge >= 0.3 is 11.7 Å². The average Bonchev–Trinajstić information content (AvgIpc) is 2.43. The number of anilines is 1. The van der Waals surface area contributed by atoms with Crippen molar-refractivity contribution in [1.29, 1.82) is 0 Å². The zero-order chi connectivity index (χ0) is 15.8. The Morgan fingerprint density at radius 1 is 1.48 bits per heavy atom. The summed E-state index contributed by atoms with van der Waals surface area (Å²) in [5, 5.41) is 23.0. The number of benzene rings is 1. The van der Waals surface area contributed by atoms with Gasteiger partial charge in [-0.3, -0.25) is 14.9 Å². The summed E-state index contributed by atoms with van der Waals surface area (Å²) in [6.07, 6.45) is 0.709. The number of nitro groups is 1. The second kappa shape index (κ2) is 8.08. The first kappa shape index (κ1) is 16.7. The molecule has 0 spiro atoms. The van der Waals surface area contributed by atoms with Crippen molar-refractivity contribution in [3.05, 3.63) is 28.3 Å². The van der Waals surface area contributed by atoms with Crippen LogP contribution in [0.2, 0.25) is 0 Å². The molecule has 1 aromatic carbocycles. The van der Waals surface area contributed by atoms with Crippen molar-refractivity contribution in [2.24, 2.45) is 5.92 Å². The third-order valence-corrected chi connectivity index (χ3v) is 3.10. The van der Waals surface area contributed by atoms with Gasteiger partial charge in [-0.1, -0.05) is 19.4 Å². The van der Waals surface area contributed by atoms with E-state index in [0.717, 1.165) is 0 Å². The minimum atomic E-state index is -0.874. The summed E-state index contributed by atoms with van der Waals surface area (Å²) in [7, 11) is 0. The van der Waals surface area contributed by atoms with Crippen LogP contribution < -0.4 is 10.1 Å². The summed E-state index contributed by atoms with van der Waals surface area (Å²) in [4.78, 5) is 21.4. The van der Waals surface area contributed by atoms with Crippen LogP contribution in [0.4, 0.5) is 11.4 Å². The second-order valence-corrected chi connectivity index (χ2v) is 4.60. The first-order chi connectivity index (χ1) is 9.99. The van der Waals surface area contributed by atoms with Crippen LogP contribution in [0.5, 0.6) is 5.75 Å². The molecule has 0 saturated carbocycles. The molecule has 116 valence electrons. The Balaban J connectivity index is 2.89. The van der Waals surface area contributed by atoms with Crippen LogP contribution in [0.1, 0.15) is 26.7 Å². The highest BCUT2D eigenvalue weighted by molar-refractivity contribution is 5.69. The lowest BCUT2D eigenvalue weighted by Crippen LogP contribution is -2.17. The van der Waals surface area contributed by atoms with Crippen LogP contribution in [0, 0.1) is 16.0 Å². The molecule has 7 heteroatoms. The first-order valence-corrected chi connectivity index (χ1v) is 6.85. The zero-order valence-corrected chi connectivity index (χ0v) is 12.2. The fourth-order valence-electron chi connectivity index (χ4n) is 1.99. The van der Waals surface area contributed by atoms with Gasteiger partial charge in [0.2, 0.25) is 0 Å². The van der Waals surface area contributed by atoms with Crippen LogP contribution in [0.3, 0.4) is 0 Å². The molecule has 1 atom stereocenters. The van der Waals surface area contributed by atoms with Gasteiger partial charge in [-0.2, -0.15) is 0 Å². The van der Waals surface area contributed by atoms with Crippen LogP contribution in [-0.2, 0) is 4.79 Å². The molecular formula is C14H20N2O5. The molecule has 0 bridgehead atoms. The van der Waals surface area contributed by atoms with E-state index >= 15 is 0 Å². The number of para-hydroxylation sites is 1. The fourth-order valence-corrected chi connectivity index (χ4v) is 1.99. The van der Waals surface area contributed by atoms with Crippen LogP contribution in [0.25, 0.3) is 0 Å². The minimum Gasteiger partial charge on any atom is -0.487 e. The van der Waals surface area contributed by atoms with E-state index in [1.807, 2.05) is 6.92 Å². The molecule has 0 saturated heterocycles. The number of nitrogens with zero attached hydrogens (tertiary/aromatic N) is 1. The predicted molar refractivity (Wildman–Crippen MR) is 78.8 cm³/mol. The Kier molecular flexibility index (Phi) is 6.45. The molecule has 1 rings (SSSR count). The summed E-state index contributed by atoms with van der Waals surface area (Å²) in [5.74, 6) is -0.752. The maximum absolute atomic E-state index is 11.2. The molecule has 0 aliphatic carbocycles. The van der Waals surface area contributed by atoms with E-state index in [0.29, 0.717) is 25.3 Å². The third-order valence-electron chi connectivity index (χ3n) is 3.10. The second-order valence-electron chi connectivity index (χ2n) is 4.60. The molecule has 7 nitrogen and oxygen atoms in total. The van der Waals surface area contributed by atoms with E-state index in [1.54, 1.807) is 25.1 Å². The fraction of sp³-hybridized carbons (Fsp3) is 0.500. The van der Waals surface area contributed by atoms with Gasteiger partial charge in [0, 0.05) is 13.0 Å². The van der Waals surface area contributed by atoms with Crippen molar-refractivity contribution >= 4 is 17.3 Å². The largest absolute Gasteiger partial charge is 0.487 e. The van der Waals surface area contributed by atoms with Gasteiger partial charge < -0.3 is 15.2 Å². The molecule has 2 N–H and O–H groups in total. The van der Waals surface area contributed by atoms with Crippen molar-refractivity contribution in [1.82, 2.24) is 0 Å². The highest BCUT2D eigenvalue weighted by Gasteiger charge is 2.21. The van der Waals surface area contributed by atoms with E-state index in [4.69, 9.17) is 9.84 Å². The van der Waals surface area contributed by atoms with E-state index in [1.165, 1.54) is 0 Å². The maximum atomic E-state index is 11.2. The highest BCUT2D eigenvalue weighted by Crippen LogP contribution is 2.34. The number of ether oxygens (including phenoxy) is 1. The van der Waals surface area contributed by atoms with Gasteiger partial charge in [0.05, 0.1) is 11.5 Å². The number of hydrogen-bond acceptors (Lipinski definition) is 5. The summed E-state index contributed by atoms with van der Waals surface area (Å²) >= 11 is 0. The molecule has 21 heavy (non-hydrogen) atoms. The topological polar surface area (TPSA) is 102 Å². The molecule has 0 radical (unpaired) electrons. The maximum Gasteiger partial charge on any atom is 0.333 e. The molecule has 0 amide bonds. The molecule has 0 aliphatic rings. The lowest BCUT2D eigenvalue weighted by atomic mass is 10.0. The Morgan fingerprint density at radius 2 is 2.19 bits per heavy atom. The summed E-state index contributed by atoms with van der Waals surface area (Å²) in [5.41, 5.74) is 0.222. The normalized spacial score (nSPS) is 11.7. The summed E-state index contributed by atoms with van der Waals surface area (Å²) in [6.45, 7) is 4.34. The summed E-state index contributed by atoms with van der Waals surface area (Å²) in [6, 6.07) is 4.80. The molecule has 0 fully saturated rings. The average molecular weight is 296 g/mol. The van der Waals surface area contributed by atoms with Gasteiger partial charge in [0.1, 0.15) is 5.69 Å². The van der Waals surface area contributed by atoms with Gasteiger partial charge in [-0.05, 0) is 25.0 Å². The first-order valence-electron chi connectivity index (χ1n) is 6.85. The van der Waals surface area contributed by atoms with E-state index in [-0.39, 0.29) is 23.8 Å². The SMILES string of the molecule is CCOc1cccc(NCC(CC)CC(=O)O)c1[N+](=O)[O-]. The van der Waals surface area contributed by atoms with Gasteiger partial charge in [-0.25, -0.2) is 0 Å². The number of rotatable bonds is 9. The number of carboxylic acids is 1. The lowest BCUT2D eigenvalue weighted by molar-refractivity contribution is -0.384. The number of carbonyl (C=O) groups is 1. The number of carboxylic acid groups (broad SMARTS) is 1. The Morgan fingerprint density at radius 3 is 2.71 bits per heavy atom. The van der Waals surface area contributed by atoms with Crippen LogP contribution in [-0.4, -0.2) is 29.2 Å². The van der Waals surface area contributed by atoms with E-state index < -0.39 is 10.9 Å². The number of aliphatic carboxylic acids is 1. The quantitative estimate of drug-likeness (QED) is 0.536. The molecule has 1 aromatic rings. The van der Waals surface area contributed by atoms with Gasteiger partial charge in [-0.15, -0.1) is 0 Å². The van der Waals surface area contributed by atoms with Crippen molar-refractivity contribution in [2.75, 3.05) is 18.5 Å². The zero-order valence-electron chi connectivity index (χ0n) is 12.2. The summed E-state index contributed by atoms with van der Waals surface area (Å²) < 4.78 is 5.26. The Hall–Kier alpha value is -2.31. The van der Waals surface area contributed by atoms with Crippen molar-refractivity contribution in [3.8, 4) is 5.75 Å². The highest BCUT2D eigenvalue weighted by atomic mass is 16.6. The van der Waals surface area contributed by atoms with Crippen molar-refractivity contribution in [2.45, 2.75) is 26.7 Å². The molecule has 0 aromatic heterocycles. The number of hydrogen-bond donors (Lipinski definition) is 2. The standard InChI is InChI=1S/C14H20N2O5/c1-3-10(8-13(17)18)9-15-11-6-5-7-12(21-4-2)14(11)16(19)20/h5-7,10,15H,3-4,8-9H2,1-2H3,(H,17,18). The lowest BCUT2D eigenvalue weighted by Gasteiger charge is -2.15. The Bertz CT molecular complexity index is 504. The van der Waals surface area contributed by atoms with Crippen LogP contribution in [0.15, 0.2) is 18.2 Å². The monoisotopic (exact) mass is 296 g/mol.